The van der Waals surface area contributed by atoms with E-state index in [1.54, 1.807) is 0 Å². The molecule has 0 rings (SSSR count). The van der Waals surface area contributed by atoms with Gasteiger partial charge in [0.05, 0.1) is 0 Å². The number of amides is 1. The number of allylic oxidation sites excluding steroid dienone is 1. The summed E-state index contributed by atoms with van der Waals surface area (Å²) in [6, 6.07) is 0. The largest absolute Gasteiger partial charge is 0.366 e. The van der Waals surface area contributed by atoms with Crippen LogP contribution in [-0.4, -0.2) is 10.7 Å². The van der Waals surface area contributed by atoms with Crippen LogP contribution in [0.3, 0.4) is 0 Å². The number of carbonyl (C=O) groups excluding carboxylic acids is 1. The Balaban J connectivity index is 0. The van der Waals surface area contributed by atoms with Gasteiger partial charge in [0, 0.05) is 0 Å². The van der Waals surface area contributed by atoms with E-state index in [1.165, 1.54) is 6.08 Å². The third-order valence-corrected chi connectivity index (χ3v) is 0.957. The van der Waals surface area contributed by atoms with E-state index in [9.17, 15) is 4.79 Å². The van der Waals surface area contributed by atoms with Gasteiger partial charge in [-0.15, -0.1) is 23.2 Å². The molecular weight excluding hydrogens is 244 g/mol. The monoisotopic (exact) mass is 249 g/mol. The Labute approximate surface area is 90.9 Å². The maximum absolute atomic E-state index is 9.47. The molecule has 70 valence electrons. The molecule has 0 radical (unpaired) electrons. The van der Waals surface area contributed by atoms with E-state index >= 15 is 0 Å². The molecule has 2 N–H and O–H groups in total. The highest BCUT2D eigenvalue weighted by Gasteiger charge is 1.91. The minimum Gasteiger partial charge on any atom is -0.366 e. The summed E-state index contributed by atoms with van der Waals surface area (Å²) in [5.41, 5.74) is 4.53. The van der Waals surface area contributed by atoms with Crippen molar-refractivity contribution in [3.05, 3.63) is 23.2 Å². The van der Waals surface area contributed by atoms with Gasteiger partial charge in [0.2, 0.25) is 5.91 Å². The van der Waals surface area contributed by atoms with Crippen LogP contribution < -0.4 is 5.73 Å². The Kier molecular flexibility index (Phi) is 11.2. The third kappa shape index (κ3) is 22.5. The second-order valence-corrected chi connectivity index (χ2v) is 3.57. The van der Waals surface area contributed by atoms with Crippen molar-refractivity contribution in [2.45, 2.75) is 4.84 Å². The quantitative estimate of drug-likeness (QED) is 0.595. The van der Waals surface area contributed by atoms with Gasteiger partial charge in [-0.2, -0.15) is 0 Å². The molecule has 0 aliphatic heterocycles. The van der Waals surface area contributed by atoms with Crippen LogP contribution in [0.1, 0.15) is 0 Å². The van der Waals surface area contributed by atoms with Gasteiger partial charge in [-0.25, -0.2) is 0 Å². The van der Waals surface area contributed by atoms with Gasteiger partial charge < -0.3 is 5.73 Å². The molecule has 0 aromatic heterocycles. The molecule has 0 aromatic rings. The smallest absolute Gasteiger partial charge is 0.240 e. The van der Waals surface area contributed by atoms with Gasteiger partial charge in [0.15, 0.2) is 0 Å². The number of rotatable bonds is 2. The van der Waals surface area contributed by atoms with Crippen molar-refractivity contribution in [1.29, 1.82) is 0 Å². The van der Waals surface area contributed by atoms with Crippen LogP contribution in [0.4, 0.5) is 0 Å². The average Bonchev–Trinajstić information content (AvgIpc) is 1.85. The number of hydrogen-bond donors (Lipinski definition) is 1. The summed E-state index contributed by atoms with van der Waals surface area (Å²) in [4.78, 5) is 8.87. The Hall–Kier alpha value is 0.110. The van der Waals surface area contributed by atoms with Gasteiger partial charge in [-0.05, 0) is 12.2 Å². The number of primary amides is 1. The van der Waals surface area contributed by atoms with Crippen molar-refractivity contribution in [3.63, 3.8) is 0 Å². The fourth-order valence-corrected chi connectivity index (χ4v) is 0.857. The predicted molar refractivity (Wildman–Crippen MR) is 54.7 cm³/mol. The average molecular weight is 251 g/mol. The van der Waals surface area contributed by atoms with E-state index in [-0.39, 0.29) is 4.49 Å². The van der Waals surface area contributed by atoms with Gasteiger partial charge in [-0.1, -0.05) is 29.8 Å². The SMILES string of the molecule is C=CC(N)=O.ClC(Cl)=CC(Cl)Cl. The Morgan fingerprint density at radius 2 is 1.75 bits per heavy atom. The zero-order valence-electron chi connectivity index (χ0n) is 5.94. The van der Waals surface area contributed by atoms with Gasteiger partial charge in [-0.3, -0.25) is 4.79 Å². The molecule has 0 atom stereocenters. The topological polar surface area (TPSA) is 43.1 Å². The van der Waals surface area contributed by atoms with E-state index < -0.39 is 10.7 Å². The van der Waals surface area contributed by atoms with Crippen molar-refractivity contribution in [3.8, 4) is 0 Å². The van der Waals surface area contributed by atoms with E-state index in [0.717, 1.165) is 6.08 Å². The van der Waals surface area contributed by atoms with Gasteiger partial charge >= 0.3 is 0 Å². The summed E-state index contributed by atoms with van der Waals surface area (Å²) >= 11 is 20.6. The summed E-state index contributed by atoms with van der Waals surface area (Å²) in [6.45, 7) is 3.09. The molecule has 0 aromatic carbocycles. The highest BCUT2D eigenvalue weighted by Crippen LogP contribution is 2.12. The molecule has 0 spiro atoms. The van der Waals surface area contributed by atoms with Crippen LogP contribution in [0, 0.1) is 0 Å². The van der Waals surface area contributed by atoms with Gasteiger partial charge in [0.25, 0.3) is 0 Å². The third-order valence-electron chi connectivity index (χ3n) is 0.453. The molecule has 6 heteroatoms. The molecule has 0 heterocycles. The van der Waals surface area contributed by atoms with E-state index in [2.05, 4.69) is 12.3 Å². The number of alkyl halides is 2. The van der Waals surface area contributed by atoms with Crippen LogP contribution in [0.25, 0.3) is 0 Å². The van der Waals surface area contributed by atoms with Crippen molar-refractivity contribution < 1.29 is 4.79 Å². The zero-order valence-corrected chi connectivity index (χ0v) is 8.96. The highest BCUT2D eigenvalue weighted by molar-refractivity contribution is 6.57. The maximum Gasteiger partial charge on any atom is 0.240 e. The first-order chi connectivity index (χ1) is 5.40. The van der Waals surface area contributed by atoms with Crippen LogP contribution in [0.2, 0.25) is 0 Å². The predicted octanol–water partition coefficient (Wildman–Crippen LogP) is 2.77. The van der Waals surface area contributed by atoms with Crippen LogP contribution >= 0.6 is 46.4 Å². The zero-order chi connectivity index (χ0) is 10.1. The molecule has 0 fully saturated rings. The summed E-state index contributed by atoms with van der Waals surface area (Å²) in [5.74, 6) is -0.481. The van der Waals surface area contributed by atoms with Gasteiger partial charge in [0.1, 0.15) is 9.33 Å². The summed E-state index contributed by atoms with van der Waals surface area (Å²) in [7, 11) is 0. The lowest BCUT2D eigenvalue weighted by Crippen LogP contribution is -2.04. The number of carbonyl (C=O) groups is 1. The Bertz CT molecular complexity index is 174. The standard InChI is InChI=1S/C3H2Cl4.C3H5NO/c4-2(5)1-3(6)7;1-2-3(4)5/h1-2H;2H,1H2,(H2,4,5). The second-order valence-electron chi connectivity index (χ2n) is 1.40. The minimum atomic E-state index is -0.606. The normalized spacial score (nSPS) is 8.08. The summed E-state index contributed by atoms with van der Waals surface area (Å²) in [5, 5.41) is 0. The molecule has 0 aliphatic carbocycles. The fraction of sp³-hybridized carbons (Fsp3) is 0.167. The maximum atomic E-state index is 9.47. The molecule has 12 heavy (non-hydrogen) atoms. The molecule has 2 nitrogen and oxygen atoms in total. The summed E-state index contributed by atoms with van der Waals surface area (Å²) in [6.07, 6.45) is 2.37. The molecule has 0 bridgehead atoms. The lowest BCUT2D eigenvalue weighted by atomic mass is 10.6. The van der Waals surface area contributed by atoms with Crippen molar-refractivity contribution >= 4 is 52.3 Å². The molecule has 0 aliphatic rings. The van der Waals surface area contributed by atoms with Crippen LogP contribution in [0.5, 0.6) is 0 Å². The van der Waals surface area contributed by atoms with Crippen LogP contribution in [-0.2, 0) is 4.79 Å². The minimum absolute atomic E-state index is 0.0926. The molecular formula is C6H7Cl4NO. The van der Waals surface area contributed by atoms with E-state index in [4.69, 9.17) is 46.4 Å². The molecule has 0 saturated heterocycles. The van der Waals surface area contributed by atoms with E-state index in [0.29, 0.717) is 0 Å². The lowest BCUT2D eigenvalue weighted by molar-refractivity contribution is -0.113. The number of hydrogen-bond acceptors (Lipinski definition) is 1. The molecule has 0 unspecified atom stereocenters. The molecule has 1 amide bonds. The van der Waals surface area contributed by atoms with Crippen molar-refractivity contribution in [1.82, 2.24) is 0 Å². The molecule has 0 saturated carbocycles. The van der Waals surface area contributed by atoms with Crippen LogP contribution in [0.15, 0.2) is 23.2 Å². The first kappa shape index (κ1) is 14.6. The van der Waals surface area contributed by atoms with E-state index in [1.807, 2.05) is 0 Å². The Morgan fingerprint density at radius 3 is 1.75 bits per heavy atom. The van der Waals surface area contributed by atoms with Crippen molar-refractivity contribution in [2.75, 3.05) is 0 Å². The van der Waals surface area contributed by atoms with Crippen molar-refractivity contribution in [2.24, 2.45) is 5.73 Å². The Morgan fingerprint density at radius 1 is 1.42 bits per heavy atom. The second kappa shape index (κ2) is 9.20. The lowest BCUT2D eigenvalue weighted by Gasteiger charge is -1.84. The summed E-state index contributed by atoms with van der Waals surface area (Å²) < 4.78 is 0.0926. The number of halogens is 4. The first-order valence-corrected chi connectivity index (χ1v) is 4.25. The first-order valence-electron chi connectivity index (χ1n) is 2.63. The highest BCUT2D eigenvalue weighted by atomic mass is 35.5. The number of nitrogens with two attached hydrogens (primary N) is 1. The fourth-order valence-electron chi connectivity index (χ4n) is 0.0952.